The molecule has 0 aliphatic rings. The molecular weight excluding hydrogens is 795 g/mol. The lowest BCUT2D eigenvalue weighted by Gasteiger charge is -2.15. The molecular formula is C59H35N5O. The zero-order chi connectivity index (χ0) is 42.6. The third kappa shape index (κ3) is 5.38. The van der Waals surface area contributed by atoms with Gasteiger partial charge in [0.05, 0.1) is 27.8 Å². The van der Waals surface area contributed by atoms with Crippen LogP contribution in [0.15, 0.2) is 217 Å². The first kappa shape index (κ1) is 35.7. The summed E-state index contributed by atoms with van der Waals surface area (Å²) in [6.07, 6.45) is 0. The Bertz CT molecular complexity index is 4250. The molecule has 0 spiro atoms. The normalized spacial score (nSPS) is 12.0. The van der Waals surface area contributed by atoms with Gasteiger partial charge in [0.15, 0.2) is 17.5 Å². The summed E-state index contributed by atoms with van der Waals surface area (Å²) >= 11 is 0. The Kier molecular flexibility index (Phi) is 7.59. The number of aromatic nitrogens is 5. The third-order valence-electron chi connectivity index (χ3n) is 13.1. The molecule has 0 aliphatic heterocycles. The van der Waals surface area contributed by atoms with Gasteiger partial charge in [0.1, 0.15) is 11.2 Å². The van der Waals surface area contributed by atoms with E-state index in [1.807, 2.05) is 12.1 Å². The van der Waals surface area contributed by atoms with Crippen LogP contribution in [0.3, 0.4) is 0 Å². The molecule has 4 heterocycles. The average molecular weight is 830 g/mol. The molecule has 0 aliphatic carbocycles. The first-order valence-corrected chi connectivity index (χ1v) is 21.9. The minimum absolute atomic E-state index is 0.557. The molecule has 4 aromatic heterocycles. The molecule has 0 saturated carbocycles. The van der Waals surface area contributed by atoms with Crippen molar-refractivity contribution in [3.63, 3.8) is 0 Å². The summed E-state index contributed by atoms with van der Waals surface area (Å²) in [4.78, 5) is 16.5. The van der Waals surface area contributed by atoms with Crippen LogP contribution >= 0.6 is 0 Å². The van der Waals surface area contributed by atoms with Gasteiger partial charge in [-0.1, -0.05) is 152 Å². The summed E-state index contributed by atoms with van der Waals surface area (Å²) in [7, 11) is 0. The molecule has 10 aromatic carbocycles. The van der Waals surface area contributed by atoms with E-state index in [-0.39, 0.29) is 0 Å². The van der Waals surface area contributed by atoms with Crippen molar-refractivity contribution < 1.29 is 4.42 Å². The highest BCUT2D eigenvalue weighted by Crippen LogP contribution is 2.43. The van der Waals surface area contributed by atoms with Crippen molar-refractivity contribution >= 4 is 87.1 Å². The topological polar surface area (TPSA) is 61.7 Å². The zero-order valence-corrected chi connectivity index (χ0v) is 34.9. The number of para-hydroxylation sites is 5. The summed E-state index contributed by atoms with van der Waals surface area (Å²) in [6.45, 7) is 0. The molecule has 0 saturated heterocycles. The van der Waals surface area contributed by atoms with E-state index >= 15 is 0 Å². The molecule has 0 fully saturated rings. The van der Waals surface area contributed by atoms with Crippen LogP contribution in [0.5, 0.6) is 0 Å². The lowest BCUT2D eigenvalue weighted by atomic mass is 10.0. The molecule has 0 N–H and O–H groups in total. The van der Waals surface area contributed by atoms with Gasteiger partial charge in [-0.25, -0.2) is 15.0 Å². The molecule has 65 heavy (non-hydrogen) atoms. The summed E-state index contributed by atoms with van der Waals surface area (Å²) < 4.78 is 11.5. The Morgan fingerprint density at radius 2 is 0.862 bits per heavy atom. The summed E-state index contributed by atoms with van der Waals surface area (Å²) in [5.41, 5.74) is 10.6. The second-order valence-electron chi connectivity index (χ2n) is 16.8. The van der Waals surface area contributed by atoms with Crippen LogP contribution in [0.2, 0.25) is 0 Å². The molecule has 0 amide bonds. The Labute approximate surface area is 371 Å². The fourth-order valence-electron chi connectivity index (χ4n) is 10.3. The van der Waals surface area contributed by atoms with E-state index in [0.29, 0.717) is 17.5 Å². The number of rotatable bonds is 5. The number of nitrogens with zero attached hydrogens (tertiary/aromatic N) is 5. The maximum Gasteiger partial charge on any atom is 0.166 e. The minimum Gasteiger partial charge on any atom is -0.456 e. The predicted molar refractivity (Wildman–Crippen MR) is 267 cm³/mol. The molecule has 6 nitrogen and oxygen atoms in total. The molecule has 302 valence electrons. The molecule has 14 aromatic rings. The van der Waals surface area contributed by atoms with E-state index in [4.69, 9.17) is 19.4 Å². The SMILES string of the molecule is c1ccc(-n2c3ccccc3c3cccc(-c4nc(-c5cccc6ccccc56)nc(-c5cc(-n6c7ccccc7c7cc8ccccc8cc76)cc6oc7ccccc7c56)n4)c32)cc1. The molecule has 6 heteroatoms. The van der Waals surface area contributed by atoms with Gasteiger partial charge in [0, 0.05) is 60.8 Å². The van der Waals surface area contributed by atoms with Gasteiger partial charge in [0.2, 0.25) is 0 Å². The highest BCUT2D eigenvalue weighted by atomic mass is 16.3. The van der Waals surface area contributed by atoms with Gasteiger partial charge in [-0.2, -0.15) is 0 Å². The largest absolute Gasteiger partial charge is 0.456 e. The minimum atomic E-state index is 0.557. The highest BCUT2D eigenvalue weighted by molar-refractivity contribution is 6.17. The van der Waals surface area contributed by atoms with Gasteiger partial charge >= 0.3 is 0 Å². The summed E-state index contributed by atoms with van der Waals surface area (Å²) in [5, 5.41) is 11.2. The van der Waals surface area contributed by atoms with Gasteiger partial charge < -0.3 is 13.6 Å². The van der Waals surface area contributed by atoms with Crippen molar-refractivity contribution in [1.82, 2.24) is 24.1 Å². The molecule has 0 atom stereocenters. The number of furan rings is 1. The molecule has 14 rings (SSSR count). The van der Waals surface area contributed by atoms with Crippen molar-refractivity contribution in [1.29, 1.82) is 0 Å². The van der Waals surface area contributed by atoms with Crippen molar-refractivity contribution in [2.24, 2.45) is 0 Å². The molecule has 0 radical (unpaired) electrons. The zero-order valence-electron chi connectivity index (χ0n) is 34.9. The maximum absolute atomic E-state index is 6.80. The Balaban J connectivity index is 1.11. The van der Waals surface area contributed by atoms with E-state index in [9.17, 15) is 0 Å². The Hall–Kier alpha value is -8.87. The van der Waals surface area contributed by atoms with E-state index in [0.717, 1.165) is 93.6 Å². The van der Waals surface area contributed by atoms with Gasteiger partial charge in [-0.15, -0.1) is 0 Å². The highest BCUT2D eigenvalue weighted by Gasteiger charge is 2.24. The monoisotopic (exact) mass is 829 g/mol. The lowest BCUT2D eigenvalue weighted by molar-refractivity contribution is 0.668. The van der Waals surface area contributed by atoms with E-state index in [1.54, 1.807) is 0 Å². The Morgan fingerprint density at radius 1 is 0.308 bits per heavy atom. The number of hydrogen-bond donors (Lipinski definition) is 0. The van der Waals surface area contributed by atoms with Crippen LogP contribution in [0.1, 0.15) is 0 Å². The van der Waals surface area contributed by atoms with Gasteiger partial charge in [-0.3, -0.25) is 0 Å². The van der Waals surface area contributed by atoms with Crippen molar-refractivity contribution in [3.05, 3.63) is 212 Å². The predicted octanol–water partition coefficient (Wildman–Crippen LogP) is 15.3. The van der Waals surface area contributed by atoms with Crippen LogP contribution in [0.25, 0.3) is 133 Å². The first-order chi connectivity index (χ1) is 32.2. The fourth-order valence-corrected chi connectivity index (χ4v) is 10.3. The standard InChI is InChI=1S/C59H35N5O/c1-2-20-39(21-3-1)64-51-30-12-8-23-42(51)44-26-15-28-47(56(44)64)58-60-57(45-27-14-19-36-16-6-7-22-41(36)45)61-59(62-58)49-34-40(35-54-55(49)46-25-10-13-31-53(46)65-54)63-50-29-11-9-24-43(50)48-32-37-17-4-5-18-38(37)33-52(48)63/h1-35H. The second-order valence-corrected chi connectivity index (χ2v) is 16.8. The summed E-state index contributed by atoms with van der Waals surface area (Å²) in [6, 6.07) is 74.9. The maximum atomic E-state index is 6.80. The van der Waals surface area contributed by atoms with Crippen molar-refractivity contribution in [2.45, 2.75) is 0 Å². The summed E-state index contributed by atoms with van der Waals surface area (Å²) in [5.74, 6) is 1.73. The van der Waals surface area contributed by atoms with Gasteiger partial charge in [-0.05, 0) is 76.1 Å². The molecule has 0 unspecified atom stereocenters. The van der Waals surface area contributed by atoms with Crippen molar-refractivity contribution in [3.8, 4) is 45.5 Å². The van der Waals surface area contributed by atoms with Crippen LogP contribution in [0.4, 0.5) is 0 Å². The van der Waals surface area contributed by atoms with Crippen LogP contribution in [0, 0.1) is 0 Å². The van der Waals surface area contributed by atoms with Crippen molar-refractivity contribution in [2.75, 3.05) is 0 Å². The van der Waals surface area contributed by atoms with Crippen LogP contribution < -0.4 is 0 Å². The quantitative estimate of drug-likeness (QED) is 0.173. The average Bonchev–Trinajstić information content (AvgIpc) is 4.03. The Morgan fingerprint density at radius 3 is 1.66 bits per heavy atom. The van der Waals surface area contributed by atoms with E-state index in [1.165, 1.54) is 21.5 Å². The fraction of sp³-hybridized carbons (Fsp3) is 0. The second kappa shape index (κ2) is 13.8. The lowest BCUT2D eigenvalue weighted by Crippen LogP contribution is -2.03. The van der Waals surface area contributed by atoms with Crippen LogP contribution in [-0.4, -0.2) is 24.1 Å². The smallest absolute Gasteiger partial charge is 0.166 e. The third-order valence-corrected chi connectivity index (χ3v) is 13.1. The van der Waals surface area contributed by atoms with E-state index < -0.39 is 0 Å². The number of hydrogen-bond acceptors (Lipinski definition) is 4. The van der Waals surface area contributed by atoms with E-state index in [2.05, 4.69) is 209 Å². The van der Waals surface area contributed by atoms with Gasteiger partial charge in [0.25, 0.3) is 0 Å². The number of fused-ring (bicyclic) bond motifs is 11. The number of benzene rings is 10. The first-order valence-electron chi connectivity index (χ1n) is 21.9. The molecule has 0 bridgehead atoms. The van der Waals surface area contributed by atoms with Crippen LogP contribution in [-0.2, 0) is 0 Å².